The number of hydrogen-bond acceptors (Lipinski definition) is 3. The summed E-state index contributed by atoms with van der Waals surface area (Å²) in [6, 6.07) is 8.05. The summed E-state index contributed by atoms with van der Waals surface area (Å²) in [7, 11) is 1.67. The highest BCUT2D eigenvalue weighted by atomic mass is 16.5. The minimum absolute atomic E-state index is 0.195. The van der Waals surface area contributed by atoms with Crippen molar-refractivity contribution in [2.75, 3.05) is 26.7 Å². The van der Waals surface area contributed by atoms with Crippen LogP contribution in [0.25, 0.3) is 0 Å². The Balaban J connectivity index is 1.86. The lowest BCUT2D eigenvalue weighted by Gasteiger charge is -2.30. The van der Waals surface area contributed by atoms with Gasteiger partial charge >= 0.3 is 5.97 Å². The van der Waals surface area contributed by atoms with Crippen LogP contribution in [-0.2, 0) is 11.2 Å². The van der Waals surface area contributed by atoms with Crippen LogP contribution in [0.3, 0.4) is 0 Å². The normalized spacial score (nSPS) is 20.2. The zero-order valence-electron chi connectivity index (χ0n) is 11.3. The van der Waals surface area contributed by atoms with Crippen molar-refractivity contribution < 1.29 is 14.6 Å². The number of hydrogen-bond donors (Lipinski definition) is 1. The molecule has 1 aromatic rings. The Bertz CT molecular complexity index is 433. The van der Waals surface area contributed by atoms with Gasteiger partial charge in [0.05, 0.1) is 13.0 Å². The molecule has 1 N–H and O–H groups in total. The Kier molecular flexibility index (Phi) is 4.80. The molecule has 1 unspecified atom stereocenters. The third kappa shape index (κ3) is 3.96. The second-order valence-electron chi connectivity index (χ2n) is 5.08. The first-order chi connectivity index (χ1) is 9.19. The van der Waals surface area contributed by atoms with Gasteiger partial charge in [0.1, 0.15) is 5.75 Å². The number of likely N-dealkylation sites (tertiary alicyclic amines) is 1. The lowest BCUT2D eigenvalue weighted by atomic mass is 9.98. The van der Waals surface area contributed by atoms with Crippen LogP contribution in [-0.4, -0.2) is 42.7 Å². The number of methoxy groups -OCH3 is 1. The number of piperidine rings is 1. The Morgan fingerprint density at radius 3 is 3.11 bits per heavy atom. The molecule has 0 aromatic heterocycles. The van der Waals surface area contributed by atoms with Crippen molar-refractivity contribution in [3.8, 4) is 5.75 Å². The monoisotopic (exact) mass is 263 g/mol. The average Bonchev–Trinajstić information content (AvgIpc) is 2.45. The standard InChI is InChI=1S/C15H21NO3/c1-19-14-6-2-4-12(10-14)7-9-16-8-3-5-13(11-16)15(17)18/h2,4,6,10,13H,3,5,7-9,11H2,1H3,(H,17,18). The molecule has 0 saturated carbocycles. The van der Waals surface area contributed by atoms with E-state index in [1.165, 1.54) is 5.56 Å². The van der Waals surface area contributed by atoms with E-state index in [0.29, 0.717) is 6.54 Å². The minimum Gasteiger partial charge on any atom is -0.497 e. The smallest absolute Gasteiger partial charge is 0.307 e. The van der Waals surface area contributed by atoms with E-state index < -0.39 is 5.97 Å². The molecule has 1 heterocycles. The van der Waals surface area contributed by atoms with E-state index >= 15 is 0 Å². The zero-order valence-corrected chi connectivity index (χ0v) is 11.3. The Hall–Kier alpha value is -1.55. The zero-order chi connectivity index (χ0) is 13.7. The van der Waals surface area contributed by atoms with E-state index in [9.17, 15) is 4.79 Å². The molecule has 0 aliphatic carbocycles. The second kappa shape index (κ2) is 6.57. The fourth-order valence-corrected chi connectivity index (χ4v) is 2.58. The maximum absolute atomic E-state index is 11.0. The van der Waals surface area contributed by atoms with Crippen molar-refractivity contribution in [3.05, 3.63) is 29.8 Å². The summed E-state index contributed by atoms with van der Waals surface area (Å²) in [6.45, 7) is 2.60. The van der Waals surface area contributed by atoms with Crippen LogP contribution in [0, 0.1) is 5.92 Å². The fraction of sp³-hybridized carbons (Fsp3) is 0.533. The van der Waals surface area contributed by atoms with Crippen LogP contribution in [0.15, 0.2) is 24.3 Å². The molecular formula is C15H21NO3. The average molecular weight is 263 g/mol. The molecule has 0 spiro atoms. The van der Waals surface area contributed by atoms with Gasteiger partial charge in [-0.05, 0) is 43.5 Å². The quantitative estimate of drug-likeness (QED) is 0.883. The number of carboxylic acids is 1. The number of aliphatic carboxylic acids is 1. The van der Waals surface area contributed by atoms with Gasteiger partial charge in [-0.1, -0.05) is 12.1 Å². The van der Waals surface area contributed by atoms with Crippen LogP contribution >= 0.6 is 0 Å². The molecule has 1 atom stereocenters. The van der Waals surface area contributed by atoms with E-state index in [-0.39, 0.29) is 5.92 Å². The summed E-state index contributed by atoms with van der Waals surface area (Å²) >= 11 is 0. The van der Waals surface area contributed by atoms with Crippen molar-refractivity contribution in [2.45, 2.75) is 19.3 Å². The molecule has 4 nitrogen and oxygen atoms in total. The van der Waals surface area contributed by atoms with Gasteiger partial charge in [0.15, 0.2) is 0 Å². The molecule has 0 amide bonds. The highest BCUT2D eigenvalue weighted by Gasteiger charge is 2.24. The van der Waals surface area contributed by atoms with Gasteiger partial charge in [0, 0.05) is 13.1 Å². The van der Waals surface area contributed by atoms with Gasteiger partial charge in [0.2, 0.25) is 0 Å². The van der Waals surface area contributed by atoms with Crippen molar-refractivity contribution in [1.29, 1.82) is 0 Å². The Morgan fingerprint density at radius 1 is 1.53 bits per heavy atom. The van der Waals surface area contributed by atoms with Crippen LogP contribution in [0.1, 0.15) is 18.4 Å². The number of rotatable bonds is 5. The van der Waals surface area contributed by atoms with Crippen LogP contribution in [0.2, 0.25) is 0 Å². The number of carbonyl (C=O) groups is 1. The van der Waals surface area contributed by atoms with Gasteiger partial charge < -0.3 is 14.7 Å². The number of ether oxygens (including phenoxy) is 1. The molecular weight excluding hydrogens is 242 g/mol. The fourth-order valence-electron chi connectivity index (χ4n) is 2.58. The summed E-state index contributed by atoms with van der Waals surface area (Å²) in [4.78, 5) is 13.3. The lowest BCUT2D eigenvalue weighted by molar-refractivity contribution is -0.143. The molecule has 2 rings (SSSR count). The summed E-state index contributed by atoms with van der Waals surface area (Å²) in [5.74, 6) is 0.0182. The maximum Gasteiger partial charge on any atom is 0.307 e. The summed E-state index contributed by atoms with van der Waals surface area (Å²) in [5, 5.41) is 9.07. The van der Waals surface area contributed by atoms with E-state index in [1.54, 1.807) is 7.11 Å². The van der Waals surface area contributed by atoms with Crippen LogP contribution < -0.4 is 4.74 Å². The molecule has 1 saturated heterocycles. The van der Waals surface area contributed by atoms with Crippen molar-refractivity contribution in [3.63, 3.8) is 0 Å². The first-order valence-electron chi connectivity index (χ1n) is 6.77. The molecule has 1 aliphatic heterocycles. The first-order valence-corrected chi connectivity index (χ1v) is 6.77. The van der Waals surface area contributed by atoms with E-state index in [0.717, 1.165) is 38.1 Å². The summed E-state index contributed by atoms with van der Waals surface area (Å²) in [6.07, 6.45) is 2.73. The number of nitrogens with zero attached hydrogens (tertiary/aromatic N) is 1. The molecule has 0 radical (unpaired) electrons. The summed E-state index contributed by atoms with van der Waals surface area (Å²) in [5.41, 5.74) is 1.23. The lowest BCUT2D eigenvalue weighted by Crippen LogP contribution is -2.39. The van der Waals surface area contributed by atoms with Crippen LogP contribution in [0.5, 0.6) is 5.75 Å². The first kappa shape index (κ1) is 13.9. The molecule has 1 fully saturated rings. The summed E-state index contributed by atoms with van der Waals surface area (Å²) < 4.78 is 5.20. The largest absolute Gasteiger partial charge is 0.497 e. The topological polar surface area (TPSA) is 49.8 Å². The Labute approximate surface area is 114 Å². The van der Waals surface area contributed by atoms with E-state index in [2.05, 4.69) is 11.0 Å². The van der Waals surface area contributed by atoms with E-state index in [1.807, 2.05) is 18.2 Å². The van der Waals surface area contributed by atoms with Crippen LogP contribution in [0.4, 0.5) is 0 Å². The van der Waals surface area contributed by atoms with Gasteiger partial charge in [-0.25, -0.2) is 0 Å². The number of benzene rings is 1. The van der Waals surface area contributed by atoms with Crippen molar-refractivity contribution >= 4 is 5.97 Å². The second-order valence-corrected chi connectivity index (χ2v) is 5.08. The van der Waals surface area contributed by atoms with Gasteiger partial charge in [-0.3, -0.25) is 4.79 Å². The predicted octanol–water partition coefficient (Wildman–Crippen LogP) is 2.03. The molecule has 19 heavy (non-hydrogen) atoms. The molecule has 1 aliphatic rings. The predicted molar refractivity (Wildman–Crippen MR) is 73.5 cm³/mol. The minimum atomic E-state index is -0.661. The van der Waals surface area contributed by atoms with Crippen molar-refractivity contribution in [1.82, 2.24) is 4.90 Å². The number of carboxylic acid groups (broad SMARTS) is 1. The Morgan fingerprint density at radius 2 is 2.37 bits per heavy atom. The highest BCUT2D eigenvalue weighted by Crippen LogP contribution is 2.18. The van der Waals surface area contributed by atoms with Gasteiger partial charge in [0.25, 0.3) is 0 Å². The molecule has 1 aromatic carbocycles. The molecule has 4 heteroatoms. The third-order valence-corrected chi connectivity index (χ3v) is 3.71. The maximum atomic E-state index is 11.0. The third-order valence-electron chi connectivity index (χ3n) is 3.71. The van der Waals surface area contributed by atoms with E-state index in [4.69, 9.17) is 9.84 Å². The molecule has 104 valence electrons. The molecule has 0 bridgehead atoms. The van der Waals surface area contributed by atoms with Crippen molar-refractivity contribution in [2.24, 2.45) is 5.92 Å². The highest BCUT2D eigenvalue weighted by molar-refractivity contribution is 5.70. The SMILES string of the molecule is COc1cccc(CCN2CCCC(C(=O)O)C2)c1. The van der Waals surface area contributed by atoms with Gasteiger partial charge in [-0.15, -0.1) is 0 Å². The van der Waals surface area contributed by atoms with Gasteiger partial charge in [-0.2, -0.15) is 0 Å².